The van der Waals surface area contributed by atoms with E-state index in [1.54, 1.807) is 12.1 Å². The standard InChI is InChI=1S/C13H14F3N/c1-9-12(2,3)10-6-4-5-7-11(10)17(9)8-13(14,15)16/h4-7H,1,8H2,2-3H3. The highest BCUT2D eigenvalue weighted by Gasteiger charge is 2.43. The van der Waals surface area contributed by atoms with Gasteiger partial charge in [0.2, 0.25) is 0 Å². The van der Waals surface area contributed by atoms with E-state index in [0.29, 0.717) is 11.4 Å². The van der Waals surface area contributed by atoms with Gasteiger partial charge >= 0.3 is 6.18 Å². The molecule has 0 aromatic heterocycles. The van der Waals surface area contributed by atoms with Crippen molar-refractivity contribution in [3.8, 4) is 0 Å². The normalized spacial score (nSPS) is 18.4. The zero-order chi connectivity index (χ0) is 12.8. The number of benzene rings is 1. The SMILES string of the molecule is C=C1N(CC(F)(F)F)c2ccccc2C1(C)C. The first-order chi connectivity index (χ1) is 7.73. The first kappa shape index (κ1) is 12.0. The molecule has 0 atom stereocenters. The Bertz CT molecular complexity index is 460. The summed E-state index contributed by atoms with van der Waals surface area (Å²) in [4.78, 5) is 1.26. The molecule has 0 amide bonds. The van der Waals surface area contributed by atoms with Gasteiger partial charge in [-0.2, -0.15) is 13.2 Å². The number of rotatable bonds is 1. The molecule has 0 radical (unpaired) electrons. The van der Waals surface area contributed by atoms with Gasteiger partial charge < -0.3 is 4.90 Å². The minimum Gasteiger partial charge on any atom is -0.335 e. The molecule has 0 bridgehead atoms. The Morgan fingerprint density at radius 1 is 1.24 bits per heavy atom. The second kappa shape index (κ2) is 3.52. The highest BCUT2D eigenvalue weighted by Crippen LogP contribution is 2.47. The van der Waals surface area contributed by atoms with Crippen LogP contribution in [-0.4, -0.2) is 12.7 Å². The summed E-state index contributed by atoms with van der Waals surface area (Å²) in [6.07, 6.45) is -4.23. The molecule has 17 heavy (non-hydrogen) atoms. The third-order valence-electron chi connectivity index (χ3n) is 3.25. The molecule has 0 unspecified atom stereocenters. The highest BCUT2D eigenvalue weighted by atomic mass is 19.4. The van der Waals surface area contributed by atoms with Crippen LogP contribution in [0.2, 0.25) is 0 Å². The summed E-state index contributed by atoms with van der Waals surface area (Å²) in [6.45, 7) is 6.62. The van der Waals surface area contributed by atoms with E-state index in [1.807, 2.05) is 26.0 Å². The van der Waals surface area contributed by atoms with Gasteiger partial charge in [0, 0.05) is 16.8 Å². The topological polar surface area (TPSA) is 3.24 Å². The zero-order valence-electron chi connectivity index (χ0n) is 9.80. The van der Waals surface area contributed by atoms with Gasteiger partial charge in [0.15, 0.2) is 0 Å². The van der Waals surface area contributed by atoms with Crippen molar-refractivity contribution in [2.24, 2.45) is 0 Å². The molecule has 0 spiro atoms. The largest absolute Gasteiger partial charge is 0.406 e. The minimum atomic E-state index is -4.23. The number of fused-ring (bicyclic) bond motifs is 1. The Kier molecular flexibility index (Phi) is 2.49. The average Bonchev–Trinajstić information content (AvgIpc) is 2.39. The number of halogens is 3. The third kappa shape index (κ3) is 1.92. The van der Waals surface area contributed by atoms with Gasteiger partial charge in [-0.3, -0.25) is 0 Å². The van der Waals surface area contributed by atoms with Gasteiger partial charge in [-0.25, -0.2) is 0 Å². The number of nitrogens with zero attached hydrogens (tertiary/aromatic N) is 1. The quantitative estimate of drug-likeness (QED) is 0.721. The van der Waals surface area contributed by atoms with E-state index in [1.165, 1.54) is 4.90 Å². The third-order valence-corrected chi connectivity index (χ3v) is 3.25. The summed E-state index contributed by atoms with van der Waals surface area (Å²) in [6, 6.07) is 7.15. The predicted octanol–water partition coefficient (Wildman–Crippen LogP) is 3.86. The molecule has 1 nitrogen and oxygen atoms in total. The molecule has 0 fully saturated rings. The van der Waals surface area contributed by atoms with Crippen LogP contribution in [0.25, 0.3) is 0 Å². The Hall–Kier alpha value is -1.45. The lowest BCUT2D eigenvalue weighted by molar-refractivity contribution is -0.118. The van der Waals surface area contributed by atoms with Gasteiger partial charge in [-0.1, -0.05) is 38.6 Å². The van der Waals surface area contributed by atoms with Crippen molar-refractivity contribution in [1.82, 2.24) is 0 Å². The van der Waals surface area contributed by atoms with Crippen LogP contribution in [-0.2, 0) is 5.41 Å². The molecule has 2 rings (SSSR count). The maximum absolute atomic E-state index is 12.5. The van der Waals surface area contributed by atoms with Crippen molar-refractivity contribution >= 4 is 5.69 Å². The van der Waals surface area contributed by atoms with Crippen molar-refractivity contribution in [3.05, 3.63) is 42.1 Å². The number of para-hydroxylation sites is 1. The fraction of sp³-hybridized carbons (Fsp3) is 0.385. The van der Waals surface area contributed by atoms with E-state index >= 15 is 0 Å². The van der Waals surface area contributed by atoms with Crippen LogP contribution in [0.5, 0.6) is 0 Å². The second-order valence-corrected chi connectivity index (χ2v) is 4.79. The van der Waals surface area contributed by atoms with E-state index in [9.17, 15) is 13.2 Å². The predicted molar refractivity (Wildman–Crippen MR) is 62.0 cm³/mol. The van der Waals surface area contributed by atoms with Crippen LogP contribution in [0, 0.1) is 0 Å². The van der Waals surface area contributed by atoms with Crippen LogP contribution in [0.4, 0.5) is 18.9 Å². The van der Waals surface area contributed by atoms with Crippen LogP contribution < -0.4 is 4.90 Å². The van der Waals surface area contributed by atoms with E-state index in [-0.39, 0.29) is 0 Å². The maximum atomic E-state index is 12.5. The molecular formula is C13H14F3N. The van der Waals surface area contributed by atoms with Gasteiger partial charge in [0.05, 0.1) is 0 Å². The van der Waals surface area contributed by atoms with Gasteiger partial charge in [-0.15, -0.1) is 0 Å². The summed E-state index contributed by atoms with van der Waals surface area (Å²) in [5.41, 5.74) is 1.56. The van der Waals surface area contributed by atoms with Gasteiger partial charge in [0.25, 0.3) is 0 Å². The van der Waals surface area contributed by atoms with Crippen molar-refractivity contribution < 1.29 is 13.2 Å². The number of alkyl halides is 3. The molecule has 1 aliphatic rings. The van der Waals surface area contributed by atoms with Crippen molar-refractivity contribution in [1.29, 1.82) is 0 Å². The molecule has 1 heterocycles. The molecule has 4 heteroatoms. The average molecular weight is 241 g/mol. The summed E-state index contributed by atoms with van der Waals surface area (Å²) < 4.78 is 37.6. The summed E-state index contributed by atoms with van der Waals surface area (Å²) in [7, 11) is 0. The molecule has 0 N–H and O–H groups in total. The first-order valence-corrected chi connectivity index (χ1v) is 5.36. The lowest BCUT2D eigenvalue weighted by Crippen LogP contribution is -2.34. The van der Waals surface area contributed by atoms with E-state index in [4.69, 9.17) is 0 Å². The number of hydrogen-bond donors (Lipinski definition) is 0. The highest BCUT2D eigenvalue weighted by molar-refractivity contribution is 5.69. The number of allylic oxidation sites excluding steroid dienone is 1. The molecule has 0 saturated carbocycles. The number of hydrogen-bond acceptors (Lipinski definition) is 1. The zero-order valence-corrected chi connectivity index (χ0v) is 9.80. The maximum Gasteiger partial charge on any atom is 0.406 e. The van der Waals surface area contributed by atoms with E-state index < -0.39 is 18.1 Å². The lowest BCUT2D eigenvalue weighted by atomic mass is 9.84. The molecule has 1 aliphatic heterocycles. The molecule has 0 saturated heterocycles. The van der Waals surface area contributed by atoms with Crippen LogP contribution >= 0.6 is 0 Å². The van der Waals surface area contributed by atoms with Crippen molar-refractivity contribution in [2.75, 3.05) is 11.4 Å². The summed E-state index contributed by atoms with van der Waals surface area (Å²) in [5.74, 6) is 0. The van der Waals surface area contributed by atoms with Crippen molar-refractivity contribution in [3.63, 3.8) is 0 Å². The molecule has 92 valence electrons. The fourth-order valence-electron chi connectivity index (χ4n) is 2.24. The molecule has 1 aromatic carbocycles. The number of anilines is 1. The Balaban J connectivity index is 2.47. The van der Waals surface area contributed by atoms with E-state index in [2.05, 4.69) is 6.58 Å². The summed E-state index contributed by atoms with van der Waals surface area (Å²) in [5, 5.41) is 0. The van der Waals surface area contributed by atoms with Crippen LogP contribution in [0.15, 0.2) is 36.5 Å². The minimum absolute atomic E-state index is 0.443. The lowest BCUT2D eigenvalue weighted by Gasteiger charge is -2.26. The molecular weight excluding hydrogens is 227 g/mol. The first-order valence-electron chi connectivity index (χ1n) is 5.36. The van der Waals surface area contributed by atoms with E-state index in [0.717, 1.165) is 5.56 Å². The Morgan fingerprint density at radius 2 is 1.82 bits per heavy atom. The van der Waals surface area contributed by atoms with Gasteiger partial charge in [0.1, 0.15) is 6.54 Å². The Labute approximate surface area is 98.5 Å². The van der Waals surface area contributed by atoms with Crippen LogP contribution in [0.1, 0.15) is 19.4 Å². The fourth-order valence-corrected chi connectivity index (χ4v) is 2.24. The monoisotopic (exact) mass is 241 g/mol. The smallest absolute Gasteiger partial charge is 0.335 e. The molecule has 0 aliphatic carbocycles. The van der Waals surface area contributed by atoms with Gasteiger partial charge in [-0.05, 0) is 11.6 Å². The van der Waals surface area contributed by atoms with Crippen molar-refractivity contribution in [2.45, 2.75) is 25.4 Å². The second-order valence-electron chi connectivity index (χ2n) is 4.79. The van der Waals surface area contributed by atoms with Crippen LogP contribution in [0.3, 0.4) is 0 Å². The molecule has 1 aromatic rings. The summed E-state index contributed by atoms with van der Waals surface area (Å²) >= 11 is 0. The Morgan fingerprint density at radius 3 is 2.41 bits per heavy atom.